The van der Waals surface area contributed by atoms with E-state index in [2.05, 4.69) is 24.5 Å². The number of rotatable bonds is 7. The Hall–Kier alpha value is -0.770. The summed E-state index contributed by atoms with van der Waals surface area (Å²) in [5.41, 5.74) is 0. The van der Waals surface area contributed by atoms with Crippen molar-refractivity contribution in [3.63, 3.8) is 0 Å². The van der Waals surface area contributed by atoms with Gasteiger partial charge < -0.3 is 15.7 Å². The van der Waals surface area contributed by atoms with Gasteiger partial charge in [0.05, 0.1) is 6.10 Å². The van der Waals surface area contributed by atoms with Crippen LogP contribution in [0.2, 0.25) is 0 Å². The Balaban J connectivity index is 3.66. The van der Waals surface area contributed by atoms with Gasteiger partial charge in [0.1, 0.15) is 0 Å². The monoisotopic (exact) mass is 230 g/mol. The summed E-state index contributed by atoms with van der Waals surface area (Å²) < 4.78 is 0. The van der Waals surface area contributed by atoms with Gasteiger partial charge in [-0.25, -0.2) is 4.79 Å². The van der Waals surface area contributed by atoms with Gasteiger partial charge in [-0.05, 0) is 25.7 Å². The van der Waals surface area contributed by atoms with Crippen molar-refractivity contribution in [2.24, 2.45) is 5.92 Å². The minimum Gasteiger partial charge on any atom is -0.393 e. The van der Waals surface area contributed by atoms with Gasteiger partial charge in [0.25, 0.3) is 0 Å². The molecule has 0 aromatic carbocycles. The summed E-state index contributed by atoms with van der Waals surface area (Å²) in [6.45, 7) is 8.68. The maximum absolute atomic E-state index is 11.4. The van der Waals surface area contributed by atoms with Crippen LogP contribution in [-0.4, -0.2) is 29.8 Å². The number of carbonyl (C=O) groups is 1. The molecule has 3 atom stereocenters. The third kappa shape index (κ3) is 6.67. The Morgan fingerprint density at radius 1 is 1.25 bits per heavy atom. The predicted octanol–water partition coefficient (Wildman–Crippen LogP) is 1.88. The van der Waals surface area contributed by atoms with Crippen molar-refractivity contribution in [1.82, 2.24) is 10.6 Å². The van der Waals surface area contributed by atoms with Crippen molar-refractivity contribution >= 4 is 6.03 Å². The molecule has 0 aliphatic heterocycles. The number of aliphatic hydroxyl groups is 1. The van der Waals surface area contributed by atoms with E-state index >= 15 is 0 Å². The highest BCUT2D eigenvalue weighted by Gasteiger charge is 2.12. The van der Waals surface area contributed by atoms with E-state index < -0.39 is 0 Å². The van der Waals surface area contributed by atoms with Gasteiger partial charge in [-0.1, -0.05) is 27.2 Å². The number of aliphatic hydroxyl groups excluding tert-OH is 1. The van der Waals surface area contributed by atoms with Crippen molar-refractivity contribution in [1.29, 1.82) is 0 Å². The molecule has 0 aromatic rings. The molecule has 0 rings (SSSR count). The Labute approximate surface area is 98.8 Å². The second kappa shape index (κ2) is 8.39. The Bertz CT molecular complexity index is 197. The molecular weight excluding hydrogens is 204 g/mol. The fourth-order valence-electron chi connectivity index (χ4n) is 1.31. The number of carbonyl (C=O) groups excluding carboxylic acids is 1. The largest absolute Gasteiger partial charge is 0.393 e. The first-order valence-corrected chi connectivity index (χ1v) is 6.23. The maximum atomic E-state index is 11.4. The summed E-state index contributed by atoms with van der Waals surface area (Å²) in [6.07, 6.45) is 2.08. The summed E-state index contributed by atoms with van der Waals surface area (Å²) in [6, 6.07) is 0.0391. The molecule has 0 aliphatic rings. The van der Waals surface area contributed by atoms with Gasteiger partial charge in [0.2, 0.25) is 0 Å². The van der Waals surface area contributed by atoms with E-state index in [0.29, 0.717) is 18.9 Å². The van der Waals surface area contributed by atoms with E-state index in [1.165, 1.54) is 0 Å². The SMILES string of the molecule is CCC(O)CCNC(=O)NC(C)C(C)CC. The third-order valence-corrected chi connectivity index (χ3v) is 3.09. The van der Waals surface area contributed by atoms with E-state index in [1.807, 2.05) is 13.8 Å². The van der Waals surface area contributed by atoms with Crippen LogP contribution in [0, 0.1) is 5.92 Å². The smallest absolute Gasteiger partial charge is 0.315 e. The molecule has 0 heterocycles. The topological polar surface area (TPSA) is 61.4 Å². The lowest BCUT2D eigenvalue weighted by molar-refractivity contribution is 0.159. The third-order valence-electron chi connectivity index (χ3n) is 3.09. The molecule has 96 valence electrons. The fourth-order valence-corrected chi connectivity index (χ4v) is 1.31. The fraction of sp³-hybridized carbons (Fsp3) is 0.917. The van der Waals surface area contributed by atoms with Crippen LogP contribution >= 0.6 is 0 Å². The predicted molar refractivity (Wildman–Crippen MR) is 66.4 cm³/mol. The summed E-state index contributed by atoms with van der Waals surface area (Å²) in [7, 11) is 0. The molecule has 0 bridgehead atoms. The standard InChI is InChI=1S/C12H26N2O2/c1-5-9(3)10(4)14-12(16)13-8-7-11(15)6-2/h9-11,15H,5-8H2,1-4H3,(H2,13,14,16). The van der Waals surface area contributed by atoms with Gasteiger partial charge >= 0.3 is 6.03 Å². The van der Waals surface area contributed by atoms with Crippen LogP contribution in [0.1, 0.15) is 47.0 Å². The Morgan fingerprint density at radius 2 is 1.88 bits per heavy atom. The van der Waals surface area contributed by atoms with E-state index in [1.54, 1.807) is 0 Å². The first-order chi connectivity index (χ1) is 7.51. The Morgan fingerprint density at radius 3 is 2.38 bits per heavy atom. The molecule has 0 saturated heterocycles. The zero-order valence-corrected chi connectivity index (χ0v) is 10.9. The van der Waals surface area contributed by atoms with Crippen LogP contribution < -0.4 is 10.6 Å². The normalized spacial score (nSPS) is 16.3. The zero-order valence-electron chi connectivity index (χ0n) is 10.9. The summed E-state index contributed by atoms with van der Waals surface area (Å²) >= 11 is 0. The minimum atomic E-state index is -0.313. The molecule has 4 heteroatoms. The number of urea groups is 1. The van der Waals surface area contributed by atoms with E-state index in [4.69, 9.17) is 0 Å². The molecule has 0 fully saturated rings. The van der Waals surface area contributed by atoms with Crippen LogP contribution in [0.15, 0.2) is 0 Å². The first-order valence-electron chi connectivity index (χ1n) is 6.23. The second-order valence-corrected chi connectivity index (χ2v) is 4.43. The Kier molecular flexibility index (Phi) is 7.99. The van der Waals surface area contributed by atoms with E-state index in [9.17, 15) is 9.90 Å². The summed E-state index contributed by atoms with van der Waals surface area (Å²) in [5, 5.41) is 14.9. The van der Waals surface area contributed by atoms with Crippen molar-refractivity contribution in [2.45, 2.75) is 59.1 Å². The van der Waals surface area contributed by atoms with Crippen LogP contribution in [0.25, 0.3) is 0 Å². The lowest BCUT2D eigenvalue weighted by Gasteiger charge is -2.20. The first kappa shape index (κ1) is 15.2. The van der Waals surface area contributed by atoms with Gasteiger partial charge in [-0.2, -0.15) is 0 Å². The molecular formula is C12H26N2O2. The molecule has 0 radical (unpaired) electrons. The van der Waals surface area contributed by atoms with Crippen LogP contribution in [0.5, 0.6) is 0 Å². The van der Waals surface area contributed by atoms with E-state index in [-0.39, 0.29) is 18.2 Å². The van der Waals surface area contributed by atoms with E-state index in [0.717, 1.165) is 12.8 Å². The molecule has 0 spiro atoms. The maximum Gasteiger partial charge on any atom is 0.315 e. The lowest BCUT2D eigenvalue weighted by Crippen LogP contribution is -2.44. The van der Waals surface area contributed by atoms with Crippen LogP contribution in [0.4, 0.5) is 4.79 Å². The van der Waals surface area contributed by atoms with Gasteiger partial charge in [0.15, 0.2) is 0 Å². The minimum absolute atomic E-state index is 0.142. The number of hydrogen-bond acceptors (Lipinski definition) is 2. The van der Waals surface area contributed by atoms with Crippen LogP contribution in [0.3, 0.4) is 0 Å². The van der Waals surface area contributed by atoms with Crippen molar-refractivity contribution < 1.29 is 9.90 Å². The van der Waals surface area contributed by atoms with Gasteiger partial charge in [-0.15, -0.1) is 0 Å². The van der Waals surface area contributed by atoms with Crippen molar-refractivity contribution in [2.75, 3.05) is 6.54 Å². The quantitative estimate of drug-likeness (QED) is 0.625. The molecule has 4 nitrogen and oxygen atoms in total. The number of hydrogen-bond donors (Lipinski definition) is 3. The molecule has 0 aromatic heterocycles. The molecule has 2 amide bonds. The lowest BCUT2D eigenvalue weighted by atomic mass is 10.0. The zero-order chi connectivity index (χ0) is 12.6. The van der Waals surface area contributed by atoms with Gasteiger partial charge in [0, 0.05) is 12.6 Å². The highest BCUT2D eigenvalue weighted by molar-refractivity contribution is 5.74. The van der Waals surface area contributed by atoms with Gasteiger partial charge in [-0.3, -0.25) is 0 Å². The average Bonchev–Trinajstić information content (AvgIpc) is 2.27. The second-order valence-electron chi connectivity index (χ2n) is 4.43. The molecule has 16 heavy (non-hydrogen) atoms. The highest BCUT2D eigenvalue weighted by Crippen LogP contribution is 2.06. The molecule has 0 aliphatic carbocycles. The van der Waals surface area contributed by atoms with Crippen LogP contribution in [-0.2, 0) is 0 Å². The number of nitrogens with one attached hydrogen (secondary N) is 2. The summed E-state index contributed by atoms with van der Waals surface area (Å²) in [4.78, 5) is 11.4. The summed E-state index contributed by atoms with van der Waals surface area (Å²) in [5.74, 6) is 0.479. The van der Waals surface area contributed by atoms with Crippen molar-refractivity contribution in [3.05, 3.63) is 0 Å². The molecule has 0 saturated carbocycles. The average molecular weight is 230 g/mol. The molecule has 3 N–H and O–H groups in total. The van der Waals surface area contributed by atoms with Crippen molar-refractivity contribution in [3.8, 4) is 0 Å². The number of amides is 2. The molecule has 3 unspecified atom stereocenters. The highest BCUT2D eigenvalue weighted by atomic mass is 16.3.